The highest BCUT2D eigenvalue weighted by atomic mass is 35.5. The van der Waals surface area contributed by atoms with Gasteiger partial charge in [0.1, 0.15) is 5.75 Å². The second kappa shape index (κ2) is 10.7. The molecule has 0 saturated carbocycles. The van der Waals surface area contributed by atoms with Crippen molar-refractivity contribution in [2.45, 2.75) is 23.6 Å². The van der Waals surface area contributed by atoms with Crippen molar-refractivity contribution in [2.75, 3.05) is 7.11 Å². The number of imidazole rings is 1. The number of aromatic amines is 1. The predicted molar refractivity (Wildman–Crippen MR) is 127 cm³/mol. The predicted octanol–water partition coefficient (Wildman–Crippen LogP) is 5.13. The highest BCUT2D eigenvalue weighted by Crippen LogP contribution is 2.43. The second-order valence-electron chi connectivity index (χ2n) is 7.47. The topological polar surface area (TPSA) is 133 Å². The van der Waals surface area contributed by atoms with E-state index in [1.807, 2.05) is 0 Å². The van der Waals surface area contributed by atoms with Crippen LogP contribution in [0.4, 0.5) is 8.78 Å². The molecule has 10 nitrogen and oxygen atoms in total. The number of alkyl halides is 2. The minimum absolute atomic E-state index is 0.106. The molecule has 0 saturated heterocycles. The van der Waals surface area contributed by atoms with Gasteiger partial charge < -0.3 is 19.2 Å². The summed E-state index contributed by atoms with van der Waals surface area (Å²) in [5.74, 6) is -0.428. The maximum absolute atomic E-state index is 13.1. The van der Waals surface area contributed by atoms with E-state index in [-0.39, 0.29) is 22.2 Å². The molecule has 1 aliphatic rings. The first-order chi connectivity index (χ1) is 17.6. The number of nitrogens with one attached hydrogen (secondary N) is 1. The van der Waals surface area contributed by atoms with E-state index in [4.69, 9.17) is 21.6 Å². The molecule has 1 aliphatic heterocycles. The van der Waals surface area contributed by atoms with Crippen molar-refractivity contribution < 1.29 is 42.1 Å². The van der Waals surface area contributed by atoms with Gasteiger partial charge in [0.05, 0.1) is 45.5 Å². The summed E-state index contributed by atoms with van der Waals surface area (Å²) in [7, 11) is -0.0144. The molecule has 3 heterocycles. The first kappa shape index (κ1) is 26.3. The Kier molecular flexibility index (Phi) is 7.57. The van der Waals surface area contributed by atoms with Gasteiger partial charge in [-0.2, -0.15) is 5.26 Å². The van der Waals surface area contributed by atoms with Crippen molar-refractivity contribution in [2.24, 2.45) is 0 Å². The third kappa shape index (κ3) is 5.96. The van der Waals surface area contributed by atoms with Crippen LogP contribution >= 0.6 is 11.6 Å². The maximum Gasteiger partial charge on any atom is 0.586 e. The van der Waals surface area contributed by atoms with Gasteiger partial charge in [-0.15, -0.1) is 8.78 Å². The van der Waals surface area contributed by atoms with Crippen molar-refractivity contribution in [1.82, 2.24) is 15.0 Å². The molecule has 2 aromatic heterocycles. The van der Waals surface area contributed by atoms with Gasteiger partial charge in [0.25, 0.3) is 0 Å². The largest absolute Gasteiger partial charge is 0.586 e. The van der Waals surface area contributed by atoms with Crippen LogP contribution in [0.15, 0.2) is 59.9 Å². The molecule has 0 radical (unpaired) electrons. The number of nitrogens with zero attached hydrogens (tertiary/aromatic N) is 2. The zero-order valence-corrected chi connectivity index (χ0v) is 20.7. The van der Waals surface area contributed by atoms with Crippen LogP contribution in [0, 0.1) is 0 Å². The van der Waals surface area contributed by atoms with Crippen molar-refractivity contribution in [3.8, 4) is 17.2 Å². The van der Waals surface area contributed by atoms with E-state index in [9.17, 15) is 17.8 Å². The van der Waals surface area contributed by atoms with E-state index >= 15 is 0 Å². The number of carbonyl (C=O) groups excluding carboxylic acids is 1. The number of benzene rings is 2. The van der Waals surface area contributed by atoms with Crippen molar-refractivity contribution >= 4 is 39.4 Å². The van der Waals surface area contributed by atoms with Crippen LogP contribution in [0.1, 0.15) is 28.2 Å². The Morgan fingerprint density at radius 1 is 1.19 bits per heavy atom. The van der Waals surface area contributed by atoms with E-state index in [0.29, 0.717) is 27.5 Å². The molecule has 2 N–H and O–H groups in total. The van der Waals surface area contributed by atoms with E-state index in [2.05, 4.69) is 29.3 Å². The molecule has 14 heteroatoms. The van der Waals surface area contributed by atoms with Crippen LogP contribution in [-0.2, 0) is 15.7 Å². The van der Waals surface area contributed by atoms with Crippen molar-refractivity contribution in [3.05, 3.63) is 71.0 Å². The summed E-state index contributed by atoms with van der Waals surface area (Å²) in [6, 6.07) is 12.2. The first-order valence-electron chi connectivity index (χ1n) is 10.4. The lowest BCUT2D eigenvalue weighted by Gasteiger charge is -2.10. The number of fused-ring (bicyclic) bond motifs is 2. The Morgan fingerprint density at radius 3 is 2.59 bits per heavy atom. The zero-order chi connectivity index (χ0) is 26.7. The molecule has 2 aromatic carbocycles. The monoisotopic (exact) mass is 553 g/mol. The van der Waals surface area contributed by atoms with Crippen molar-refractivity contribution in [3.63, 3.8) is 0 Å². The Hall–Kier alpha value is -3.81. The summed E-state index contributed by atoms with van der Waals surface area (Å²) in [6.07, 6.45) is -2.13. The number of methoxy groups -OCH3 is 1. The lowest BCUT2D eigenvalue weighted by molar-refractivity contribution is -0.286. The first-order valence-corrected chi connectivity index (χ1v) is 12.0. The fourth-order valence-corrected chi connectivity index (χ4v) is 4.52. The van der Waals surface area contributed by atoms with Crippen LogP contribution < -0.4 is 14.2 Å². The van der Waals surface area contributed by atoms with Crippen molar-refractivity contribution in [1.29, 1.82) is 0 Å². The molecular weight excluding hydrogens is 536 g/mol. The summed E-state index contributed by atoms with van der Waals surface area (Å²) in [4.78, 5) is 25.5. The summed E-state index contributed by atoms with van der Waals surface area (Å²) in [5.41, 5.74) is 1.57. The summed E-state index contributed by atoms with van der Waals surface area (Å²) in [5, 5.41) is 8.15. The van der Waals surface area contributed by atoms with E-state index in [1.54, 1.807) is 37.4 Å². The van der Waals surface area contributed by atoms with E-state index < -0.39 is 28.3 Å². The molecule has 2 unspecified atom stereocenters. The molecule has 0 fully saturated rings. The highest BCUT2D eigenvalue weighted by molar-refractivity contribution is 7.85. The summed E-state index contributed by atoms with van der Waals surface area (Å²) in [6.45, 7) is 1.75. The summed E-state index contributed by atoms with van der Waals surface area (Å²) >= 11 is 5.56. The number of ether oxygens (including phenoxy) is 3. The molecule has 2 atom stereocenters. The minimum atomic E-state index is -3.70. The fraction of sp³-hybridized carbons (Fsp3) is 0.174. The maximum atomic E-state index is 13.1. The number of pyridine rings is 1. The summed E-state index contributed by atoms with van der Waals surface area (Å²) < 4.78 is 53.0. The average molecular weight is 554 g/mol. The molecule has 0 bridgehead atoms. The van der Waals surface area contributed by atoms with Gasteiger partial charge in [-0.25, -0.2) is 9.78 Å². The average Bonchev–Trinajstić information content (AvgIpc) is 3.43. The smallest absolute Gasteiger partial charge is 0.497 e. The SMILES string of the molecule is COc1ccnc(C(C)S(=O)c2nc3cc4c(cc3[nH]2)OC(F)(F)O4)c1.O=C(OO)c1cccc(Cl)c1. The van der Waals surface area contributed by atoms with Gasteiger partial charge in [0.15, 0.2) is 16.7 Å². The van der Waals surface area contributed by atoms with Crippen LogP contribution in [0.2, 0.25) is 5.02 Å². The molecule has 0 spiro atoms. The normalized spacial score (nSPS) is 14.9. The molecule has 194 valence electrons. The lowest BCUT2D eigenvalue weighted by atomic mass is 10.2. The van der Waals surface area contributed by atoms with Gasteiger partial charge in [-0.05, 0) is 31.2 Å². The Bertz CT molecular complexity index is 1440. The van der Waals surface area contributed by atoms with E-state index in [0.717, 1.165) is 0 Å². The van der Waals surface area contributed by atoms with Gasteiger partial charge in [0.2, 0.25) is 0 Å². The van der Waals surface area contributed by atoms with Gasteiger partial charge in [0, 0.05) is 29.4 Å². The number of rotatable bonds is 5. The third-order valence-corrected chi connectivity index (χ3v) is 6.74. The van der Waals surface area contributed by atoms with Crippen LogP contribution in [0.3, 0.4) is 0 Å². The molecular formula is C23H18ClF2N3O7S. The second-order valence-corrected chi connectivity index (χ2v) is 9.60. The Labute approximate surface area is 215 Å². The number of hydrogen-bond donors (Lipinski definition) is 2. The molecule has 37 heavy (non-hydrogen) atoms. The van der Waals surface area contributed by atoms with E-state index in [1.165, 1.54) is 31.4 Å². The fourth-order valence-electron chi connectivity index (χ4n) is 3.25. The van der Waals surface area contributed by atoms with Gasteiger partial charge >= 0.3 is 12.3 Å². The van der Waals surface area contributed by atoms with Crippen LogP contribution in [0.5, 0.6) is 17.2 Å². The molecule has 0 amide bonds. The van der Waals surface area contributed by atoms with Gasteiger partial charge in [-0.3, -0.25) is 14.1 Å². The molecule has 5 rings (SSSR count). The quantitative estimate of drug-likeness (QED) is 0.255. The lowest BCUT2D eigenvalue weighted by Crippen LogP contribution is -2.25. The standard InChI is InChI=1S/C16H13F2N3O4S.C7H5ClO3/c1-8(10-5-9(23-2)3-4-19-10)26(22)15-20-11-6-13-14(7-12(11)21-15)25-16(17,18)24-13;8-6-3-1-2-5(4-6)7(9)11-10/h3-8H,1-2H3,(H,20,21);1-4,10H. The molecule has 4 aromatic rings. The number of halogens is 3. The number of aromatic nitrogens is 3. The highest BCUT2D eigenvalue weighted by Gasteiger charge is 2.43. The minimum Gasteiger partial charge on any atom is -0.497 e. The third-order valence-electron chi connectivity index (χ3n) is 5.04. The number of carbonyl (C=O) groups is 1. The Morgan fingerprint density at radius 2 is 1.92 bits per heavy atom. The Balaban J connectivity index is 0.000000245. The van der Waals surface area contributed by atoms with Crippen LogP contribution in [0.25, 0.3) is 11.0 Å². The number of H-pyrrole nitrogens is 1. The molecule has 0 aliphatic carbocycles. The van der Waals surface area contributed by atoms with Crippen LogP contribution in [-0.4, -0.2) is 43.8 Å². The number of hydrogen-bond acceptors (Lipinski definition) is 9. The zero-order valence-electron chi connectivity index (χ0n) is 19.1. The van der Waals surface area contributed by atoms with Gasteiger partial charge in [-0.1, -0.05) is 17.7 Å².